The predicted molar refractivity (Wildman–Crippen MR) is 147 cm³/mol. The van der Waals surface area contributed by atoms with Crippen LogP contribution in [-0.4, -0.2) is 61.0 Å². The van der Waals surface area contributed by atoms with E-state index in [0.717, 1.165) is 29.5 Å². The molecule has 3 aromatic heterocycles. The van der Waals surface area contributed by atoms with Gasteiger partial charge in [-0.2, -0.15) is 18.3 Å². The quantitative estimate of drug-likeness (QED) is 0.277. The maximum Gasteiger partial charge on any atom is 0.416 e. The van der Waals surface area contributed by atoms with E-state index in [1.807, 2.05) is 0 Å². The molecule has 42 heavy (non-hydrogen) atoms. The van der Waals surface area contributed by atoms with Gasteiger partial charge in [-0.15, -0.1) is 0 Å². The van der Waals surface area contributed by atoms with Gasteiger partial charge >= 0.3 is 6.18 Å². The number of aromatic nitrogens is 5. The first kappa shape index (κ1) is 29.5. The minimum atomic E-state index is -4.59. The Kier molecular flexibility index (Phi) is 8.48. The van der Waals surface area contributed by atoms with Crippen LogP contribution in [0.2, 0.25) is 5.02 Å². The Hall–Kier alpha value is -4.01. The number of aliphatic hydroxyl groups excluding tert-OH is 1. The number of nitrogens with one attached hydrogen (secondary N) is 2. The van der Waals surface area contributed by atoms with Crippen molar-refractivity contribution in [1.82, 2.24) is 29.5 Å². The van der Waals surface area contributed by atoms with Gasteiger partial charge in [0.15, 0.2) is 0 Å². The molecule has 0 radical (unpaired) electrons. The lowest BCUT2D eigenvalue weighted by atomic mass is 10.0. The van der Waals surface area contributed by atoms with Crippen LogP contribution in [-0.2, 0) is 15.7 Å². The molecular weight excluding hydrogens is 579 g/mol. The SMILES string of the molecule is C[C@H](C(=O)N[C@H](CO)c1cccc(C(F)(F)F)c1)n1cnn2cc(-c3nc(NC4CCOCC4)ncc3Cl)cc2c1=O. The molecular formula is C27H27ClF3N7O4. The molecule has 0 unspecified atom stereocenters. The number of carbonyl (C=O) groups excluding carboxylic acids is 1. The van der Waals surface area contributed by atoms with E-state index >= 15 is 0 Å². The molecule has 1 fully saturated rings. The van der Waals surface area contributed by atoms with Gasteiger partial charge in [0.25, 0.3) is 5.56 Å². The second-order valence-corrected chi connectivity index (χ2v) is 10.3. The van der Waals surface area contributed by atoms with Gasteiger partial charge in [0.2, 0.25) is 11.9 Å². The van der Waals surface area contributed by atoms with Crippen LogP contribution in [0.5, 0.6) is 0 Å². The highest BCUT2D eigenvalue weighted by Crippen LogP contribution is 2.31. The highest BCUT2D eigenvalue weighted by atomic mass is 35.5. The number of hydrogen-bond donors (Lipinski definition) is 3. The zero-order valence-corrected chi connectivity index (χ0v) is 23.1. The number of alkyl halides is 3. The number of amides is 1. The van der Waals surface area contributed by atoms with Gasteiger partial charge in [-0.05, 0) is 43.5 Å². The average Bonchev–Trinajstić information content (AvgIpc) is 3.42. The van der Waals surface area contributed by atoms with E-state index in [4.69, 9.17) is 16.3 Å². The molecule has 1 aromatic carbocycles. The summed E-state index contributed by atoms with van der Waals surface area (Å²) in [5.41, 5.74) is -0.373. The van der Waals surface area contributed by atoms with Crippen molar-refractivity contribution in [1.29, 1.82) is 0 Å². The Morgan fingerprint density at radius 2 is 2.02 bits per heavy atom. The smallest absolute Gasteiger partial charge is 0.394 e. The number of carbonyl (C=O) groups is 1. The number of nitrogens with zero attached hydrogens (tertiary/aromatic N) is 5. The van der Waals surface area contributed by atoms with Crippen LogP contribution in [0.3, 0.4) is 0 Å². The Bertz CT molecular complexity index is 1650. The monoisotopic (exact) mass is 605 g/mol. The molecule has 5 rings (SSSR count). The number of hydrogen-bond acceptors (Lipinski definition) is 8. The Balaban J connectivity index is 1.37. The zero-order valence-electron chi connectivity index (χ0n) is 22.3. The van der Waals surface area contributed by atoms with E-state index in [2.05, 4.69) is 25.7 Å². The van der Waals surface area contributed by atoms with Crippen molar-refractivity contribution in [2.45, 2.75) is 44.1 Å². The summed E-state index contributed by atoms with van der Waals surface area (Å²) in [5, 5.41) is 20.1. The third-order valence-electron chi connectivity index (χ3n) is 7.04. The molecule has 3 N–H and O–H groups in total. The minimum Gasteiger partial charge on any atom is -0.394 e. The van der Waals surface area contributed by atoms with Gasteiger partial charge in [0, 0.05) is 31.0 Å². The predicted octanol–water partition coefficient (Wildman–Crippen LogP) is 3.63. The number of fused-ring (bicyclic) bond motifs is 1. The number of ether oxygens (including phenoxy) is 1. The molecule has 0 spiro atoms. The third-order valence-corrected chi connectivity index (χ3v) is 7.32. The van der Waals surface area contributed by atoms with Crippen molar-refractivity contribution >= 4 is 29.0 Å². The largest absolute Gasteiger partial charge is 0.416 e. The van der Waals surface area contributed by atoms with Crippen molar-refractivity contribution in [3.63, 3.8) is 0 Å². The van der Waals surface area contributed by atoms with E-state index in [0.29, 0.717) is 30.4 Å². The summed E-state index contributed by atoms with van der Waals surface area (Å²) in [6.07, 6.45) is 1.26. The molecule has 1 saturated heterocycles. The van der Waals surface area contributed by atoms with Gasteiger partial charge in [0.05, 0.1) is 35.1 Å². The first-order valence-electron chi connectivity index (χ1n) is 13.1. The molecule has 0 aliphatic carbocycles. The summed E-state index contributed by atoms with van der Waals surface area (Å²) in [6.45, 7) is 2.07. The second-order valence-electron chi connectivity index (χ2n) is 9.87. The number of anilines is 1. The van der Waals surface area contributed by atoms with Crippen LogP contribution in [0.25, 0.3) is 16.8 Å². The van der Waals surface area contributed by atoms with Crippen molar-refractivity contribution in [2.75, 3.05) is 25.1 Å². The van der Waals surface area contributed by atoms with Gasteiger partial charge in [-0.25, -0.2) is 14.5 Å². The highest BCUT2D eigenvalue weighted by Gasteiger charge is 2.31. The first-order chi connectivity index (χ1) is 20.0. The van der Waals surface area contributed by atoms with Crippen molar-refractivity contribution in [2.24, 2.45) is 0 Å². The number of aliphatic hydroxyl groups is 1. The van der Waals surface area contributed by atoms with Crippen molar-refractivity contribution < 1.29 is 27.8 Å². The van der Waals surface area contributed by atoms with Crippen LogP contribution in [0.4, 0.5) is 19.1 Å². The fraction of sp³-hybridized carbons (Fsp3) is 0.370. The summed E-state index contributed by atoms with van der Waals surface area (Å²) >= 11 is 6.39. The van der Waals surface area contributed by atoms with Gasteiger partial charge in [0.1, 0.15) is 17.9 Å². The van der Waals surface area contributed by atoms with Crippen LogP contribution in [0, 0.1) is 0 Å². The molecule has 1 aliphatic rings. The van der Waals surface area contributed by atoms with Crippen molar-refractivity contribution in [3.8, 4) is 11.3 Å². The molecule has 0 saturated carbocycles. The Morgan fingerprint density at radius 1 is 1.26 bits per heavy atom. The lowest BCUT2D eigenvalue weighted by Gasteiger charge is -2.23. The molecule has 0 bridgehead atoms. The molecule has 11 nitrogen and oxygen atoms in total. The topological polar surface area (TPSA) is 136 Å². The number of rotatable bonds is 8. The Labute approximate surface area is 242 Å². The molecule has 4 heterocycles. The van der Waals surface area contributed by atoms with Crippen LogP contribution in [0.1, 0.15) is 43.0 Å². The van der Waals surface area contributed by atoms with E-state index in [9.17, 15) is 27.9 Å². The second kappa shape index (κ2) is 12.1. The molecule has 2 atom stereocenters. The lowest BCUT2D eigenvalue weighted by Crippen LogP contribution is -2.39. The maximum absolute atomic E-state index is 13.4. The molecule has 1 aliphatic heterocycles. The van der Waals surface area contributed by atoms with Gasteiger partial charge < -0.3 is 20.5 Å². The van der Waals surface area contributed by atoms with Gasteiger partial charge in [-0.1, -0.05) is 23.7 Å². The molecule has 15 heteroatoms. The van der Waals surface area contributed by atoms with E-state index in [-0.39, 0.29) is 22.1 Å². The van der Waals surface area contributed by atoms with E-state index < -0.39 is 41.9 Å². The summed E-state index contributed by atoms with van der Waals surface area (Å²) in [6, 6.07) is 3.78. The first-order valence-corrected chi connectivity index (χ1v) is 13.5. The maximum atomic E-state index is 13.4. The van der Waals surface area contributed by atoms with Gasteiger partial charge in [-0.3, -0.25) is 14.2 Å². The summed E-state index contributed by atoms with van der Waals surface area (Å²) < 4.78 is 47.3. The highest BCUT2D eigenvalue weighted by molar-refractivity contribution is 6.32. The molecule has 1 amide bonds. The van der Waals surface area contributed by atoms with E-state index in [1.165, 1.54) is 36.1 Å². The average molecular weight is 606 g/mol. The molecule has 222 valence electrons. The standard InChI is InChI=1S/C27H27ClF3N7O4/c1-15(24(40)35-21(13-39)16-3-2-4-18(9-16)27(29,30)31)37-14-33-38-12-17(10-22(38)25(37)41)23-20(28)11-32-26(36-23)34-19-5-7-42-8-6-19/h2-4,9-12,14-15,19,21,39H,5-8,13H2,1H3,(H,35,40)(H,32,34,36)/t15-,21-/m1/s1. The fourth-order valence-electron chi connectivity index (χ4n) is 4.66. The van der Waals surface area contributed by atoms with E-state index in [1.54, 1.807) is 12.3 Å². The van der Waals surface area contributed by atoms with Crippen LogP contribution < -0.4 is 16.2 Å². The normalized spacial score (nSPS) is 15.9. The number of benzene rings is 1. The summed E-state index contributed by atoms with van der Waals surface area (Å²) in [4.78, 5) is 35.2. The minimum absolute atomic E-state index is 0.0671. The Morgan fingerprint density at radius 3 is 2.74 bits per heavy atom. The summed E-state index contributed by atoms with van der Waals surface area (Å²) in [7, 11) is 0. The number of halogens is 4. The summed E-state index contributed by atoms with van der Waals surface area (Å²) in [5.74, 6) is -0.319. The molecule has 4 aromatic rings. The zero-order chi connectivity index (χ0) is 30.0. The fourth-order valence-corrected chi connectivity index (χ4v) is 4.86. The van der Waals surface area contributed by atoms with Crippen LogP contribution in [0.15, 0.2) is 53.8 Å². The van der Waals surface area contributed by atoms with Crippen LogP contribution >= 0.6 is 11.6 Å². The van der Waals surface area contributed by atoms with Crippen molar-refractivity contribution in [3.05, 3.63) is 75.6 Å². The third kappa shape index (κ3) is 6.25. The lowest BCUT2D eigenvalue weighted by molar-refractivity contribution is -0.137.